The molecular formula is C19H17ClN2O5. The summed E-state index contributed by atoms with van der Waals surface area (Å²) in [6, 6.07) is 13.1. The van der Waals surface area contributed by atoms with Gasteiger partial charge in [-0.15, -0.1) is 0 Å². The quantitative estimate of drug-likeness (QED) is 0.653. The van der Waals surface area contributed by atoms with E-state index in [0.29, 0.717) is 10.5 Å². The highest BCUT2D eigenvalue weighted by atomic mass is 35.5. The van der Waals surface area contributed by atoms with Crippen LogP contribution in [-0.2, 0) is 27.3 Å². The number of esters is 1. The number of ether oxygens (including phenoxy) is 1. The standard InChI is InChI=1S/C19H17ClN2O5/c1-26-18(24)14(9-12-5-3-2-4-6-12)21-17(23)11-22-15-8-7-13(20)10-16(15)27-19(22)25/h2-8,10,14H,9,11H2,1H3,(H,21,23)/t14-/m1/s1. The highest BCUT2D eigenvalue weighted by Crippen LogP contribution is 2.18. The topological polar surface area (TPSA) is 90.5 Å². The molecule has 1 N–H and O–H groups in total. The Morgan fingerprint density at radius 2 is 1.96 bits per heavy atom. The van der Waals surface area contributed by atoms with Crippen LogP contribution in [0.3, 0.4) is 0 Å². The number of nitrogens with one attached hydrogen (secondary N) is 1. The van der Waals surface area contributed by atoms with Crippen molar-refractivity contribution < 1.29 is 18.7 Å². The van der Waals surface area contributed by atoms with E-state index in [2.05, 4.69) is 5.32 Å². The first-order valence-corrected chi connectivity index (χ1v) is 8.55. The van der Waals surface area contributed by atoms with E-state index in [1.807, 2.05) is 30.3 Å². The maximum absolute atomic E-state index is 12.4. The van der Waals surface area contributed by atoms with Gasteiger partial charge in [0.15, 0.2) is 5.58 Å². The van der Waals surface area contributed by atoms with E-state index in [1.165, 1.54) is 17.7 Å². The van der Waals surface area contributed by atoms with E-state index >= 15 is 0 Å². The predicted octanol–water partition coefficient (Wildman–Crippen LogP) is 2.15. The fourth-order valence-corrected chi connectivity index (χ4v) is 2.92. The number of benzene rings is 2. The Kier molecular flexibility index (Phi) is 5.61. The van der Waals surface area contributed by atoms with Crippen molar-refractivity contribution in [2.75, 3.05) is 7.11 Å². The van der Waals surface area contributed by atoms with Gasteiger partial charge in [0.1, 0.15) is 12.6 Å². The Morgan fingerprint density at radius 3 is 2.67 bits per heavy atom. The molecule has 3 rings (SSSR count). The summed E-state index contributed by atoms with van der Waals surface area (Å²) in [5.41, 5.74) is 1.60. The molecule has 0 bridgehead atoms. The average molecular weight is 389 g/mol. The second kappa shape index (κ2) is 8.09. The van der Waals surface area contributed by atoms with Gasteiger partial charge in [0.2, 0.25) is 5.91 Å². The first kappa shape index (κ1) is 18.7. The molecule has 0 aliphatic heterocycles. The largest absolute Gasteiger partial charge is 0.467 e. The Hall–Kier alpha value is -3.06. The van der Waals surface area contributed by atoms with Crippen LogP contribution in [0, 0.1) is 0 Å². The fourth-order valence-electron chi connectivity index (χ4n) is 2.76. The van der Waals surface area contributed by atoms with E-state index in [0.717, 1.165) is 5.56 Å². The molecule has 0 radical (unpaired) electrons. The van der Waals surface area contributed by atoms with E-state index in [-0.39, 0.29) is 18.5 Å². The Balaban J connectivity index is 1.77. The van der Waals surface area contributed by atoms with E-state index in [9.17, 15) is 14.4 Å². The van der Waals surface area contributed by atoms with Gasteiger partial charge in [-0.25, -0.2) is 9.59 Å². The van der Waals surface area contributed by atoms with Gasteiger partial charge in [-0.05, 0) is 17.7 Å². The minimum absolute atomic E-state index is 0.274. The predicted molar refractivity (Wildman–Crippen MR) is 99.6 cm³/mol. The molecule has 0 saturated heterocycles. The summed E-state index contributed by atoms with van der Waals surface area (Å²) in [4.78, 5) is 36.5. The monoisotopic (exact) mass is 388 g/mol. The molecular weight excluding hydrogens is 372 g/mol. The Labute approximate surface area is 159 Å². The van der Waals surface area contributed by atoms with Gasteiger partial charge in [-0.3, -0.25) is 9.36 Å². The number of rotatable bonds is 6. The first-order chi connectivity index (χ1) is 13.0. The number of aromatic nitrogens is 1. The molecule has 0 unspecified atom stereocenters. The van der Waals surface area contributed by atoms with Crippen LogP contribution in [0.4, 0.5) is 0 Å². The highest BCUT2D eigenvalue weighted by molar-refractivity contribution is 6.31. The smallest absolute Gasteiger partial charge is 0.420 e. The summed E-state index contributed by atoms with van der Waals surface area (Å²) in [5.74, 6) is -1.76. The summed E-state index contributed by atoms with van der Waals surface area (Å²) in [6.45, 7) is -0.296. The zero-order chi connectivity index (χ0) is 19.4. The van der Waals surface area contributed by atoms with Crippen molar-refractivity contribution in [3.63, 3.8) is 0 Å². The number of halogens is 1. The zero-order valence-electron chi connectivity index (χ0n) is 14.5. The number of nitrogens with zero attached hydrogens (tertiary/aromatic N) is 1. The van der Waals surface area contributed by atoms with Crippen molar-refractivity contribution in [2.45, 2.75) is 19.0 Å². The summed E-state index contributed by atoms with van der Waals surface area (Å²) in [5, 5.41) is 3.03. The minimum atomic E-state index is -0.867. The van der Waals surface area contributed by atoms with Crippen molar-refractivity contribution in [1.29, 1.82) is 0 Å². The molecule has 1 aromatic heterocycles. The fraction of sp³-hybridized carbons (Fsp3) is 0.211. The second-order valence-electron chi connectivity index (χ2n) is 5.90. The van der Waals surface area contributed by atoms with Crippen molar-refractivity contribution in [3.8, 4) is 0 Å². The van der Waals surface area contributed by atoms with Crippen molar-refractivity contribution in [3.05, 3.63) is 69.7 Å². The molecule has 1 amide bonds. The van der Waals surface area contributed by atoms with Gasteiger partial charge >= 0.3 is 11.7 Å². The Bertz CT molecular complexity index is 1030. The summed E-state index contributed by atoms with van der Waals surface area (Å²) >= 11 is 5.88. The molecule has 0 fully saturated rings. The number of methoxy groups -OCH3 is 1. The SMILES string of the molecule is COC(=O)[C@@H](Cc1ccccc1)NC(=O)Cn1c(=O)oc2cc(Cl)ccc21. The third-order valence-electron chi connectivity index (χ3n) is 4.04. The molecule has 3 aromatic rings. The van der Waals surface area contributed by atoms with Crippen LogP contribution >= 0.6 is 11.6 Å². The average Bonchev–Trinajstić information content (AvgIpc) is 2.95. The van der Waals surface area contributed by atoms with Crippen LogP contribution in [0.2, 0.25) is 5.02 Å². The number of amides is 1. The third kappa shape index (κ3) is 4.38. The van der Waals surface area contributed by atoms with Crippen molar-refractivity contribution in [2.24, 2.45) is 0 Å². The first-order valence-electron chi connectivity index (χ1n) is 8.18. The molecule has 0 spiro atoms. The van der Waals surface area contributed by atoms with E-state index in [4.69, 9.17) is 20.8 Å². The lowest BCUT2D eigenvalue weighted by Gasteiger charge is -2.16. The van der Waals surface area contributed by atoms with Gasteiger partial charge in [0, 0.05) is 17.5 Å². The Morgan fingerprint density at radius 1 is 1.22 bits per heavy atom. The van der Waals surface area contributed by atoms with Crippen molar-refractivity contribution in [1.82, 2.24) is 9.88 Å². The normalized spacial score (nSPS) is 11.9. The number of hydrogen-bond acceptors (Lipinski definition) is 5. The maximum atomic E-state index is 12.4. The van der Waals surface area contributed by atoms with Crippen LogP contribution in [-0.4, -0.2) is 29.6 Å². The molecule has 140 valence electrons. The number of oxazole rings is 1. The van der Waals surface area contributed by atoms with Crippen LogP contribution in [0.5, 0.6) is 0 Å². The molecule has 27 heavy (non-hydrogen) atoms. The van der Waals surface area contributed by atoms with E-state index < -0.39 is 23.7 Å². The van der Waals surface area contributed by atoms with Crippen molar-refractivity contribution >= 4 is 34.6 Å². The lowest BCUT2D eigenvalue weighted by atomic mass is 10.1. The van der Waals surface area contributed by atoms with Gasteiger partial charge in [0.25, 0.3) is 0 Å². The van der Waals surface area contributed by atoms with Gasteiger partial charge < -0.3 is 14.5 Å². The molecule has 1 atom stereocenters. The highest BCUT2D eigenvalue weighted by Gasteiger charge is 2.23. The molecule has 8 heteroatoms. The molecule has 2 aromatic carbocycles. The third-order valence-corrected chi connectivity index (χ3v) is 4.27. The second-order valence-corrected chi connectivity index (χ2v) is 6.34. The van der Waals surface area contributed by atoms with E-state index in [1.54, 1.807) is 12.1 Å². The lowest BCUT2D eigenvalue weighted by Crippen LogP contribution is -2.45. The molecule has 0 aliphatic rings. The van der Waals surface area contributed by atoms with Crippen LogP contribution < -0.4 is 11.1 Å². The minimum Gasteiger partial charge on any atom is -0.467 e. The van der Waals surface area contributed by atoms with Crippen LogP contribution in [0.25, 0.3) is 11.1 Å². The zero-order valence-corrected chi connectivity index (χ0v) is 15.2. The van der Waals surface area contributed by atoms with Gasteiger partial charge in [0.05, 0.1) is 12.6 Å². The number of hydrogen-bond donors (Lipinski definition) is 1. The number of fused-ring (bicyclic) bond motifs is 1. The maximum Gasteiger partial charge on any atom is 0.420 e. The van der Waals surface area contributed by atoms with Crippen LogP contribution in [0.1, 0.15) is 5.56 Å². The summed E-state index contributed by atoms with van der Waals surface area (Å²) < 4.78 is 11.1. The summed E-state index contributed by atoms with van der Waals surface area (Å²) in [6.07, 6.45) is 0.274. The van der Waals surface area contributed by atoms with Crippen LogP contribution in [0.15, 0.2) is 57.7 Å². The molecule has 7 nitrogen and oxygen atoms in total. The summed E-state index contributed by atoms with van der Waals surface area (Å²) in [7, 11) is 1.25. The number of carbonyl (C=O) groups is 2. The van der Waals surface area contributed by atoms with Gasteiger partial charge in [-0.1, -0.05) is 41.9 Å². The van der Waals surface area contributed by atoms with Gasteiger partial charge in [-0.2, -0.15) is 0 Å². The molecule has 0 saturated carbocycles. The molecule has 1 heterocycles. The molecule has 0 aliphatic carbocycles. The number of carbonyl (C=O) groups excluding carboxylic acids is 2. The lowest BCUT2D eigenvalue weighted by molar-refractivity contribution is -0.145.